The van der Waals surface area contributed by atoms with E-state index in [1.54, 1.807) is 0 Å². The van der Waals surface area contributed by atoms with Crippen molar-refractivity contribution in [2.75, 3.05) is 6.54 Å². The van der Waals surface area contributed by atoms with Gasteiger partial charge in [0.05, 0.1) is 0 Å². The Morgan fingerprint density at radius 3 is 2.13 bits per heavy atom. The van der Waals surface area contributed by atoms with Gasteiger partial charge in [-0.3, -0.25) is 14.6 Å². The third kappa shape index (κ3) is 16.1. The molecule has 0 aromatic carbocycles. The van der Waals surface area contributed by atoms with Gasteiger partial charge in [-0.05, 0) is 25.7 Å². The van der Waals surface area contributed by atoms with Crippen LogP contribution in [0.4, 0.5) is 0 Å². The van der Waals surface area contributed by atoms with Crippen molar-refractivity contribution in [3.63, 3.8) is 0 Å². The Balaban J connectivity index is 0. The number of carbonyl (C=O) groups is 2. The minimum absolute atomic E-state index is 0. The Kier molecular flexibility index (Phi) is 17.4. The van der Waals surface area contributed by atoms with Crippen LogP contribution in [0.2, 0.25) is 0 Å². The van der Waals surface area contributed by atoms with Crippen LogP contribution in [0.25, 0.3) is 0 Å². The van der Waals surface area contributed by atoms with E-state index in [1.807, 2.05) is 0 Å². The smallest absolute Gasteiger partial charge is 0.862 e. The Labute approximate surface area is 161 Å². The van der Waals surface area contributed by atoms with E-state index in [1.165, 1.54) is 39.0 Å². The van der Waals surface area contributed by atoms with Crippen LogP contribution in [0, 0.1) is 0 Å². The fraction of sp³-hybridized carbons (Fsp3) is 0.812. The van der Waals surface area contributed by atoms with Crippen molar-refractivity contribution >= 4 is 17.8 Å². The van der Waals surface area contributed by atoms with Gasteiger partial charge in [0.25, 0.3) is 0 Å². The number of rotatable bonds is 13. The molecular formula is C16H29N2NaO4. The zero-order chi connectivity index (χ0) is 16.8. The maximum Gasteiger partial charge on any atom is 1.00 e. The number of carboxylic acids is 1. The van der Waals surface area contributed by atoms with Crippen LogP contribution in [0.5, 0.6) is 0 Å². The maximum absolute atomic E-state index is 11.6. The molecule has 0 fully saturated rings. The molecule has 0 saturated carbocycles. The third-order valence-corrected chi connectivity index (χ3v) is 3.38. The molecule has 7 heteroatoms. The molecule has 0 rings (SSSR count). The Bertz CT molecular complexity index is 362. The average Bonchev–Trinajstić information content (AvgIpc) is 2.47. The van der Waals surface area contributed by atoms with Gasteiger partial charge in [0, 0.05) is 0 Å². The van der Waals surface area contributed by atoms with Gasteiger partial charge in [-0.15, -0.1) is 0 Å². The van der Waals surface area contributed by atoms with Crippen molar-refractivity contribution in [2.45, 2.75) is 77.7 Å². The predicted molar refractivity (Wildman–Crippen MR) is 84.8 cm³/mol. The van der Waals surface area contributed by atoms with Gasteiger partial charge in [-0.25, -0.2) is 0 Å². The standard InChI is InChI=1S/C16H30N2O4.Na/c1-3-4-5-6-7-8-9-10-11-14(19)18-13(2)16(22)17-12-15(20)21;/h13H,3-12H2,1-2H3,(H,17,22)(H,18,19)(H,20,21);/q;+1/p-1/t13-;/m0./s1. The van der Waals surface area contributed by atoms with Gasteiger partial charge < -0.3 is 15.5 Å². The summed E-state index contributed by atoms with van der Waals surface area (Å²) in [4.78, 5) is 25.6. The maximum atomic E-state index is 11.6. The van der Waals surface area contributed by atoms with E-state index < -0.39 is 24.5 Å². The molecule has 0 radical (unpaired) electrons. The van der Waals surface area contributed by atoms with Crippen molar-refractivity contribution in [3.8, 4) is 0 Å². The first-order valence-electron chi connectivity index (χ1n) is 8.20. The van der Waals surface area contributed by atoms with Crippen LogP contribution in [0.15, 0.2) is 4.99 Å². The van der Waals surface area contributed by atoms with Crippen LogP contribution in [-0.2, 0) is 9.59 Å². The number of aliphatic imine (C=N–C) groups is 1. The number of carboxylic acid groups (broad SMARTS) is 1. The number of nitrogens with zero attached hydrogens (tertiary/aromatic N) is 1. The summed E-state index contributed by atoms with van der Waals surface area (Å²) in [6.45, 7) is 3.23. The summed E-state index contributed by atoms with van der Waals surface area (Å²) in [5.74, 6) is -1.94. The SMILES string of the molecule is CCCCCCCCCCC([O-])=N[C@@H](C)C(=O)NCC(=O)O.[Na+]. The third-order valence-electron chi connectivity index (χ3n) is 3.38. The average molecular weight is 336 g/mol. The second kappa shape index (κ2) is 16.3. The number of hydrogen-bond donors (Lipinski definition) is 2. The summed E-state index contributed by atoms with van der Waals surface area (Å²) >= 11 is 0. The molecule has 0 spiro atoms. The van der Waals surface area contributed by atoms with Crippen LogP contribution in [-0.4, -0.2) is 35.5 Å². The Morgan fingerprint density at radius 2 is 1.61 bits per heavy atom. The van der Waals surface area contributed by atoms with Crippen LogP contribution in [0.3, 0.4) is 0 Å². The molecule has 0 aliphatic rings. The molecule has 0 aliphatic heterocycles. The van der Waals surface area contributed by atoms with Gasteiger partial charge in [-0.1, -0.05) is 51.9 Å². The summed E-state index contributed by atoms with van der Waals surface area (Å²) in [6.07, 6.45) is 9.57. The first-order chi connectivity index (χ1) is 10.5. The second-order valence-corrected chi connectivity index (χ2v) is 5.54. The van der Waals surface area contributed by atoms with Gasteiger partial charge in [-0.2, -0.15) is 0 Å². The van der Waals surface area contributed by atoms with Crippen LogP contribution >= 0.6 is 0 Å². The van der Waals surface area contributed by atoms with Crippen molar-refractivity contribution in [3.05, 3.63) is 0 Å². The van der Waals surface area contributed by atoms with Crippen LogP contribution < -0.4 is 40.0 Å². The van der Waals surface area contributed by atoms with Gasteiger partial charge >= 0.3 is 35.5 Å². The van der Waals surface area contributed by atoms with Crippen molar-refractivity contribution in [1.29, 1.82) is 0 Å². The molecule has 0 bridgehead atoms. The predicted octanol–water partition coefficient (Wildman–Crippen LogP) is -1.13. The fourth-order valence-electron chi connectivity index (χ4n) is 2.06. The van der Waals surface area contributed by atoms with E-state index in [-0.39, 0.29) is 35.5 Å². The zero-order valence-electron chi connectivity index (χ0n) is 14.8. The Morgan fingerprint density at radius 1 is 1.09 bits per heavy atom. The summed E-state index contributed by atoms with van der Waals surface area (Å²) in [6, 6.07) is -0.833. The number of nitrogens with one attached hydrogen (secondary N) is 1. The molecule has 0 aromatic rings. The Hall–Kier alpha value is -0.590. The summed E-state index contributed by atoms with van der Waals surface area (Å²) in [5.41, 5.74) is 0. The molecule has 1 amide bonds. The molecule has 23 heavy (non-hydrogen) atoms. The van der Waals surface area contributed by atoms with Crippen LogP contribution in [0.1, 0.15) is 71.6 Å². The van der Waals surface area contributed by atoms with E-state index in [2.05, 4.69) is 17.2 Å². The summed E-state index contributed by atoms with van der Waals surface area (Å²) < 4.78 is 0. The molecule has 0 saturated heterocycles. The van der Waals surface area contributed by atoms with E-state index in [4.69, 9.17) is 5.11 Å². The summed E-state index contributed by atoms with van der Waals surface area (Å²) in [7, 11) is 0. The normalized spacial score (nSPS) is 12.3. The van der Waals surface area contributed by atoms with Crippen molar-refractivity contribution in [2.24, 2.45) is 4.99 Å². The van der Waals surface area contributed by atoms with E-state index in [0.29, 0.717) is 6.42 Å². The molecule has 0 aliphatic carbocycles. The number of hydrogen-bond acceptors (Lipinski definition) is 4. The summed E-state index contributed by atoms with van der Waals surface area (Å²) in [5, 5.41) is 22.3. The molecule has 128 valence electrons. The minimum atomic E-state index is -1.12. The number of aliphatic carboxylic acids is 1. The molecule has 6 nitrogen and oxygen atoms in total. The van der Waals surface area contributed by atoms with E-state index >= 15 is 0 Å². The molecule has 1 atom stereocenters. The molecule has 2 N–H and O–H groups in total. The van der Waals surface area contributed by atoms with Gasteiger partial charge in [0.2, 0.25) is 5.91 Å². The van der Waals surface area contributed by atoms with Crippen molar-refractivity contribution in [1.82, 2.24) is 5.32 Å². The first kappa shape index (κ1) is 24.7. The van der Waals surface area contributed by atoms with Crippen molar-refractivity contribution < 1.29 is 49.4 Å². The zero-order valence-corrected chi connectivity index (χ0v) is 16.8. The molecular weight excluding hydrogens is 307 g/mol. The van der Waals surface area contributed by atoms with E-state index in [9.17, 15) is 14.7 Å². The topological polar surface area (TPSA) is 102 Å². The minimum Gasteiger partial charge on any atom is -0.862 e. The molecule has 0 heterocycles. The number of amides is 1. The quantitative estimate of drug-likeness (QED) is 0.192. The molecule has 0 unspecified atom stereocenters. The number of unbranched alkanes of at least 4 members (excludes halogenated alkanes) is 7. The fourth-order valence-corrected chi connectivity index (χ4v) is 2.06. The van der Waals surface area contributed by atoms with Gasteiger partial charge in [0.15, 0.2) is 0 Å². The largest absolute Gasteiger partial charge is 1.00 e. The monoisotopic (exact) mass is 336 g/mol. The number of carbonyl (C=O) groups excluding carboxylic acids is 1. The second-order valence-electron chi connectivity index (χ2n) is 5.54. The molecule has 0 aromatic heterocycles. The van der Waals surface area contributed by atoms with Gasteiger partial charge in [0.1, 0.15) is 12.6 Å². The van der Waals surface area contributed by atoms with E-state index in [0.717, 1.165) is 19.3 Å². The first-order valence-corrected chi connectivity index (χ1v) is 8.20.